The molecule has 0 saturated heterocycles. The van der Waals surface area contributed by atoms with Gasteiger partial charge >= 0.3 is 0 Å². The molecule has 3 rings (SSSR count). The van der Waals surface area contributed by atoms with Crippen molar-refractivity contribution in [3.63, 3.8) is 0 Å². The molecule has 0 aromatic heterocycles. The Morgan fingerprint density at radius 3 is 2.54 bits per heavy atom. The van der Waals surface area contributed by atoms with Gasteiger partial charge in [0, 0.05) is 23.7 Å². The highest BCUT2D eigenvalue weighted by atomic mass is 16.2. The Balaban J connectivity index is 1.45. The van der Waals surface area contributed by atoms with Crippen molar-refractivity contribution in [3.05, 3.63) is 41.5 Å². The fourth-order valence-corrected chi connectivity index (χ4v) is 3.20. The Bertz CT molecular complexity index is 634. The van der Waals surface area contributed by atoms with Gasteiger partial charge in [0.2, 0.25) is 5.91 Å². The van der Waals surface area contributed by atoms with Crippen LogP contribution in [-0.2, 0) is 4.79 Å². The minimum atomic E-state index is -0.0555. The molecule has 4 heteroatoms. The van der Waals surface area contributed by atoms with Crippen LogP contribution in [0.5, 0.6) is 0 Å². The molecular formula is C20H26N2O2. The van der Waals surface area contributed by atoms with Crippen LogP contribution >= 0.6 is 0 Å². The predicted molar refractivity (Wildman–Crippen MR) is 95.8 cm³/mol. The smallest absolute Gasteiger partial charge is 0.251 e. The summed E-state index contributed by atoms with van der Waals surface area (Å²) < 4.78 is 0. The number of rotatable bonds is 6. The molecule has 0 heterocycles. The van der Waals surface area contributed by atoms with Gasteiger partial charge in [-0.05, 0) is 68.7 Å². The lowest BCUT2D eigenvalue weighted by Crippen LogP contribution is -2.25. The van der Waals surface area contributed by atoms with Crippen LogP contribution in [0.25, 0.3) is 0 Å². The molecular weight excluding hydrogens is 300 g/mol. The van der Waals surface area contributed by atoms with E-state index in [1.807, 2.05) is 0 Å². The summed E-state index contributed by atoms with van der Waals surface area (Å²) in [6.45, 7) is 2.77. The molecule has 0 radical (unpaired) electrons. The molecule has 2 amide bonds. The standard InChI is InChI=1S/C20H26N2O2/c1-14-13-18(14)20(24)22-17-9-7-16(8-10-17)19(23)21-12-11-15-5-3-2-4-6-15/h5,7-10,14,18H,2-4,6,11-13H2,1H3,(H,21,23)(H,22,24). The van der Waals surface area contributed by atoms with E-state index in [4.69, 9.17) is 0 Å². The van der Waals surface area contributed by atoms with E-state index in [2.05, 4.69) is 23.6 Å². The molecule has 2 atom stereocenters. The van der Waals surface area contributed by atoms with Crippen molar-refractivity contribution in [3.8, 4) is 0 Å². The van der Waals surface area contributed by atoms with Gasteiger partial charge in [-0.25, -0.2) is 0 Å². The normalized spacial score (nSPS) is 22.5. The van der Waals surface area contributed by atoms with Crippen molar-refractivity contribution in [2.75, 3.05) is 11.9 Å². The highest BCUT2D eigenvalue weighted by Crippen LogP contribution is 2.38. The van der Waals surface area contributed by atoms with Crippen LogP contribution in [0.4, 0.5) is 5.69 Å². The minimum Gasteiger partial charge on any atom is -0.352 e. The molecule has 1 aromatic rings. The fourth-order valence-electron chi connectivity index (χ4n) is 3.20. The molecule has 24 heavy (non-hydrogen) atoms. The van der Waals surface area contributed by atoms with Gasteiger partial charge < -0.3 is 10.6 Å². The average Bonchev–Trinajstić information content (AvgIpc) is 3.33. The van der Waals surface area contributed by atoms with E-state index in [1.54, 1.807) is 24.3 Å². The average molecular weight is 326 g/mol. The zero-order chi connectivity index (χ0) is 16.9. The van der Waals surface area contributed by atoms with Crippen LogP contribution in [0, 0.1) is 11.8 Å². The summed E-state index contributed by atoms with van der Waals surface area (Å²) in [5, 5.41) is 5.88. The molecule has 0 spiro atoms. The number of anilines is 1. The van der Waals surface area contributed by atoms with E-state index in [9.17, 15) is 9.59 Å². The first-order chi connectivity index (χ1) is 11.6. The van der Waals surface area contributed by atoms with Crippen LogP contribution in [-0.4, -0.2) is 18.4 Å². The van der Waals surface area contributed by atoms with Crippen molar-refractivity contribution < 1.29 is 9.59 Å². The number of allylic oxidation sites excluding steroid dienone is 1. The second-order valence-electron chi connectivity index (χ2n) is 7.00. The summed E-state index contributed by atoms with van der Waals surface area (Å²) in [4.78, 5) is 24.1. The quantitative estimate of drug-likeness (QED) is 0.779. The molecule has 0 aliphatic heterocycles. The molecule has 2 unspecified atom stereocenters. The first-order valence-corrected chi connectivity index (χ1v) is 9.00. The van der Waals surface area contributed by atoms with Crippen molar-refractivity contribution in [2.45, 2.75) is 45.4 Å². The van der Waals surface area contributed by atoms with Gasteiger partial charge in [-0.2, -0.15) is 0 Å². The first-order valence-electron chi connectivity index (χ1n) is 9.00. The summed E-state index contributed by atoms with van der Waals surface area (Å²) in [5.74, 6) is 0.678. The molecule has 1 fully saturated rings. The van der Waals surface area contributed by atoms with Crippen molar-refractivity contribution in [1.29, 1.82) is 0 Å². The van der Waals surface area contributed by atoms with E-state index in [0.29, 0.717) is 18.0 Å². The van der Waals surface area contributed by atoms with Crippen molar-refractivity contribution in [2.24, 2.45) is 11.8 Å². The lowest BCUT2D eigenvalue weighted by Gasteiger charge is -2.13. The molecule has 0 bridgehead atoms. The Labute approximate surface area is 143 Å². The largest absolute Gasteiger partial charge is 0.352 e. The summed E-state index contributed by atoms with van der Waals surface area (Å²) in [7, 11) is 0. The minimum absolute atomic E-state index is 0.0555. The Kier molecular flexibility index (Phi) is 5.34. The summed E-state index contributed by atoms with van der Waals surface area (Å²) in [5.41, 5.74) is 2.85. The van der Waals surface area contributed by atoms with Gasteiger partial charge in [0.25, 0.3) is 5.91 Å². The zero-order valence-corrected chi connectivity index (χ0v) is 14.3. The van der Waals surface area contributed by atoms with Gasteiger partial charge in [0.15, 0.2) is 0 Å². The summed E-state index contributed by atoms with van der Waals surface area (Å²) >= 11 is 0. The van der Waals surface area contributed by atoms with Crippen molar-refractivity contribution in [1.82, 2.24) is 5.32 Å². The molecule has 1 aromatic carbocycles. The molecule has 2 N–H and O–H groups in total. The Hall–Kier alpha value is -2.10. The maximum Gasteiger partial charge on any atom is 0.251 e. The third kappa shape index (κ3) is 4.47. The number of amides is 2. The third-order valence-electron chi connectivity index (χ3n) is 4.98. The monoisotopic (exact) mass is 326 g/mol. The number of carbonyl (C=O) groups is 2. The van der Waals surface area contributed by atoms with Gasteiger partial charge in [-0.15, -0.1) is 0 Å². The zero-order valence-electron chi connectivity index (χ0n) is 14.3. The highest BCUT2D eigenvalue weighted by Gasteiger charge is 2.39. The SMILES string of the molecule is CC1CC1C(=O)Nc1ccc(C(=O)NCCC2=CCCCC2)cc1. The maximum atomic E-state index is 12.2. The van der Waals surface area contributed by atoms with E-state index < -0.39 is 0 Å². The summed E-state index contributed by atoms with van der Waals surface area (Å²) in [6, 6.07) is 7.12. The van der Waals surface area contributed by atoms with Gasteiger partial charge in [0.1, 0.15) is 0 Å². The molecule has 2 aliphatic carbocycles. The lowest BCUT2D eigenvalue weighted by atomic mass is 9.97. The number of carbonyl (C=O) groups excluding carboxylic acids is 2. The van der Waals surface area contributed by atoms with Crippen LogP contribution in [0.1, 0.15) is 55.8 Å². The maximum absolute atomic E-state index is 12.2. The van der Waals surface area contributed by atoms with Crippen LogP contribution < -0.4 is 10.6 Å². The number of hydrogen-bond donors (Lipinski definition) is 2. The van der Waals surface area contributed by atoms with Crippen molar-refractivity contribution >= 4 is 17.5 Å². The van der Waals surface area contributed by atoms with E-state index in [1.165, 1.54) is 31.3 Å². The Morgan fingerprint density at radius 2 is 1.92 bits per heavy atom. The van der Waals surface area contributed by atoms with Crippen LogP contribution in [0.2, 0.25) is 0 Å². The van der Waals surface area contributed by atoms with Crippen LogP contribution in [0.3, 0.4) is 0 Å². The number of hydrogen-bond acceptors (Lipinski definition) is 2. The first kappa shape index (κ1) is 16.7. The van der Waals surface area contributed by atoms with E-state index >= 15 is 0 Å². The highest BCUT2D eigenvalue weighted by molar-refractivity contribution is 5.96. The van der Waals surface area contributed by atoms with Gasteiger partial charge in [-0.1, -0.05) is 18.6 Å². The second kappa shape index (κ2) is 7.65. The van der Waals surface area contributed by atoms with E-state index in [-0.39, 0.29) is 17.7 Å². The number of nitrogens with one attached hydrogen (secondary N) is 2. The topological polar surface area (TPSA) is 58.2 Å². The fraction of sp³-hybridized carbons (Fsp3) is 0.500. The van der Waals surface area contributed by atoms with Crippen LogP contribution in [0.15, 0.2) is 35.9 Å². The lowest BCUT2D eigenvalue weighted by molar-refractivity contribution is -0.117. The molecule has 4 nitrogen and oxygen atoms in total. The molecule has 128 valence electrons. The predicted octanol–water partition coefficient (Wildman–Crippen LogP) is 3.90. The third-order valence-corrected chi connectivity index (χ3v) is 4.98. The van der Waals surface area contributed by atoms with E-state index in [0.717, 1.165) is 18.5 Å². The van der Waals surface area contributed by atoms with Gasteiger partial charge in [-0.3, -0.25) is 9.59 Å². The van der Waals surface area contributed by atoms with Gasteiger partial charge in [0.05, 0.1) is 0 Å². The summed E-state index contributed by atoms with van der Waals surface area (Å²) in [6.07, 6.45) is 9.14. The number of benzene rings is 1. The molecule has 2 aliphatic rings. The second-order valence-corrected chi connectivity index (χ2v) is 7.00. The molecule has 1 saturated carbocycles. The Morgan fingerprint density at radius 1 is 1.17 bits per heavy atom.